The van der Waals surface area contributed by atoms with Gasteiger partial charge in [-0.05, 0) is 49.4 Å². The summed E-state index contributed by atoms with van der Waals surface area (Å²) in [6.45, 7) is 0. The van der Waals surface area contributed by atoms with Crippen molar-refractivity contribution in [1.29, 1.82) is 0 Å². The summed E-state index contributed by atoms with van der Waals surface area (Å²) in [6.07, 6.45) is 7.63. The van der Waals surface area contributed by atoms with Crippen molar-refractivity contribution in [2.75, 3.05) is 10.6 Å². The Balaban J connectivity index is 1.09. The van der Waals surface area contributed by atoms with Crippen molar-refractivity contribution in [2.24, 2.45) is 5.92 Å². The highest BCUT2D eigenvalue weighted by Crippen LogP contribution is 2.41. The molecule has 2 amide bonds. The predicted molar refractivity (Wildman–Crippen MR) is 137 cm³/mol. The van der Waals surface area contributed by atoms with E-state index < -0.39 is 0 Å². The maximum atomic E-state index is 12.3. The number of hydrogen-bond donors (Lipinski definition) is 2. The molecule has 2 atom stereocenters. The van der Waals surface area contributed by atoms with E-state index in [-0.39, 0.29) is 24.7 Å². The first-order valence-electron chi connectivity index (χ1n) is 11.7. The highest BCUT2D eigenvalue weighted by molar-refractivity contribution is 7.15. The average Bonchev–Trinajstić information content (AvgIpc) is 3.62. The zero-order valence-corrected chi connectivity index (χ0v) is 21.0. The fourth-order valence-electron chi connectivity index (χ4n) is 4.23. The summed E-state index contributed by atoms with van der Waals surface area (Å²) in [6, 6.07) is 11.0. The number of aromatic nitrogens is 6. The lowest BCUT2D eigenvalue weighted by molar-refractivity contribution is -0.116. The van der Waals surface area contributed by atoms with Crippen molar-refractivity contribution < 1.29 is 9.59 Å². The van der Waals surface area contributed by atoms with Gasteiger partial charge in [0, 0.05) is 36.1 Å². The third-order valence-electron chi connectivity index (χ3n) is 5.89. The predicted octanol–water partition coefficient (Wildman–Crippen LogP) is 3.67. The molecule has 4 aromatic heterocycles. The summed E-state index contributed by atoms with van der Waals surface area (Å²) < 4.78 is 0. The molecule has 4 heterocycles. The van der Waals surface area contributed by atoms with Gasteiger partial charge in [-0.25, -0.2) is 0 Å². The molecule has 0 aromatic carbocycles. The molecular weight excluding hydrogens is 496 g/mol. The van der Waals surface area contributed by atoms with Crippen LogP contribution in [0, 0.1) is 5.92 Å². The van der Waals surface area contributed by atoms with E-state index in [2.05, 4.69) is 41.0 Å². The van der Waals surface area contributed by atoms with Crippen LogP contribution in [0.5, 0.6) is 0 Å². The van der Waals surface area contributed by atoms with E-state index in [1.165, 1.54) is 22.7 Å². The van der Waals surface area contributed by atoms with Gasteiger partial charge in [-0.3, -0.25) is 19.6 Å². The molecule has 10 nitrogen and oxygen atoms in total. The van der Waals surface area contributed by atoms with Crippen LogP contribution in [0.4, 0.5) is 10.3 Å². The molecule has 1 saturated carbocycles. The van der Waals surface area contributed by atoms with Crippen LogP contribution in [0.1, 0.15) is 46.6 Å². The van der Waals surface area contributed by atoms with E-state index in [0.29, 0.717) is 33.5 Å². The summed E-state index contributed by atoms with van der Waals surface area (Å²) in [4.78, 5) is 32.9. The second-order valence-corrected chi connectivity index (χ2v) is 10.7. The first-order valence-corrected chi connectivity index (χ1v) is 13.3. The first kappa shape index (κ1) is 24.1. The van der Waals surface area contributed by atoms with E-state index >= 15 is 0 Å². The highest BCUT2D eigenvalue weighted by Gasteiger charge is 2.29. The van der Waals surface area contributed by atoms with Crippen molar-refractivity contribution in [2.45, 2.75) is 44.4 Å². The van der Waals surface area contributed by atoms with Gasteiger partial charge in [0.25, 0.3) is 0 Å². The molecule has 4 aromatic rings. The van der Waals surface area contributed by atoms with E-state index in [4.69, 9.17) is 0 Å². The van der Waals surface area contributed by atoms with Gasteiger partial charge in [0.1, 0.15) is 10.0 Å². The Labute approximate surface area is 215 Å². The van der Waals surface area contributed by atoms with Crippen molar-refractivity contribution in [3.63, 3.8) is 0 Å². The van der Waals surface area contributed by atoms with Crippen LogP contribution in [0.3, 0.4) is 0 Å². The van der Waals surface area contributed by atoms with Crippen molar-refractivity contribution in [1.82, 2.24) is 30.4 Å². The standard InChI is InChI=1S/C24H24N8O2S2/c33-19(13-17-5-1-3-9-25-17)27-23-31-29-21(35-23)12-15-7-8-16(11-15)22-30-32-24(36-22)28-20(34)14-18-6-2-4-10-26-18/h1-6,9-10,15-16H,7-8,11-14H2,(H,27,31,33)(H,28,32,34)/t15-,16+/m1/s1. The molecule has 0 spiro atoms. The Bertz CT molecular complexity index is 1310. The first-order chi connectivity index (χ1) is 17.6. The van der Waals surface area contributed by atoms with Crippen LogP contribution in [-0.4, -0.2) is 42.2 Å². The minimum absolute atomic E-state index is 0.153. The van der Waals surface area contributed by atoms with Gasteiger partial charge in [-0.15, -0.1) is 20.4 Å². The van der Waals surface area contributed by atoms with Crippen LogP contribution >= 0.6 is 22.7 Å². The van der Waals surface area contributed by atoms with Crippen molar-refractivity contribution in [3.05, 3.63) is 70.2 Å². The number of nitrogens with zero attached hydrogens (tertiary/aromatic N) is 6. The van der Waals surface area contributed by atoms with Crippen molar-refractivity contribution >= 4 is 44.8 Å². The Morgan fingerprint density at radius 2 is 1.44 bits per heavy atom. The molecule has 1 aliphatic rings. The number of carbonyl (C=O) groups is 2. The molecule has 184 valence electrons. The Hall–Kier alpha value is -3.64. The Morgan fingerprint density at radius 1 is 0.806 bits per heavy atom. The average molecular weight is 521 g/mol. The number of pyridine rings is 2. The van der Waals surface area contributed by atoms with Gasteiger partial charge >= 0.3 is 0 Å². The van der Waals surface area contributed by atoms with Gasteiger partial charge in [-0.2, -0.15) is 0 Å². The molecule has 12 heteroatoms. The Kier molecular flexibility index (Phi) is 7.62. The minimum atomic E-state index is -0.156. The molecule has 0 unspecified atom stereocenters. The fourth-order valence-corrected chi connectivity index (χ4v) is 6.01. The summed E-state index contributed by atoms with van der Waals surface area (Å²) in [5, 5.41) is 25.4. The number of hydrogen-bond acceptors (Lipinski definition) is 10. The lowest BCUT2D eigenvalue weighted by Crippen LogP contribution is -2.14. The maximum Gasteiger partial charge on any atom is 0.232 e. The quantitative estimate of drug-likeness (QED) is 0.341. The lowest BCUT2D eigenvalue weighted by Gasteiger charge is -2.07. The second-order valence-electron chi connectivity index (χ2n) is 8.62. The molecule has 2 N–H and O–H groups in total. The lowest BCUT2D eigenvalue weighted by atomic mass is 10.0. The zero-order chi connectivity index (χ0) is 24.7. The molecular formula is C24H24N8O2S2. The van der Waals surface area contributed by atoms with Crippen LogP contribution in [-0.2, 0) is 28.9 Å². The number of carbonyl (C=O) groups excluding carboxylic acids is 2. The summed E-state index contributed by atoms with van der Waals surface area (Å²) >= 11 is 2.85. The smallest absolute Gasteiger partial charge is 0.232 e. The number of rotatable bonds is 9. The monoisotopic (exact) mass is 520 g/mol. The van der Waals surface area contributed by atoms with Gasteiger partial charge in [0.15, 0.2) is 0 Å². The topological polar surface area (TPSA) is 136 Å². The van der Waals surface area contributed by atoms with Crippen molar-refractivity contribution in [3.8, 4) is 0 Å². The van der Waals surface area contributed by atoms with E-state index in [1.807, 2.05) is 36.4 Å². The summed E-state index contributed by atoms with van der Waals surface area (Å²) in [5.74, 6) is 0.474. The largest absolute Gasteiger partial charge is 0.300 e. The van der Waals surface area contributed by atoms with Gasteiger partial charge in [-0.1, -0.05) is 34.8 Å². The SMILES string of the molecule is O=C(Cc1ccccn1)Nc1nnc(C[C@@H]2CC[C@H](c3nnc(NC(=O)Cc4ccccn4)s3)C2)s1. The van der Waals surface area contributed by atoms with Gasteiger partial charge < -0.3 is 10.6 Å². The zero-order valence-electron chi connectivity index (χ0n) is 19.3. The molecule has 5 rings (SSSR count). The molecule has 1 fully saturated rings. The second kappa shape index (κ2) is 11.4. The molecule has 0 saturated heterocycles. The number of nitrogens with one attached hydrogen (secondary N) is 2. The Morgan fingerprint density at radius 3 is 2.08 bits per heavy atom. The van der Waals surface area contributed by atoms with E-state index in [1.54, 1.807) is 12.4 Å². The van der Waals surface area contributed by atoms with Gasteiger partial charge in [0.05, 0.1) is 12.8 Å². The van der Waals surface area contributed by atoms with E-state index in [0.717, 1.165) is 35.7 Å². The van der Waals surface area contributed by atoms with Gasteiger partial charge in [0.2, 0.25) is 22.1 Å². The van der Waals surface area contributed by atoms with Crippen LogP contribution < -0.4 is 10.6 Å². The van der Waals surface area contributed by atoms with Crippen LogP contribution in [0.2, 0.25) is 0 Å². The fraction of sp³-hybridized carbons (Fsp3) is 0.333. The number of anilines is 2. The van der Waals surface area contributed by atoms with E-state index in [9.17, 15) is 9.59 Å². The minimum Gasteiger partial charge on any atom is -0.300 e. The normalized spacial score (nSPS) is 17.1. The highest BCUT2D eigenvalue weighted by atomic mass is 32.1. The molecule has 0 bridgehead atoms. The molecule has 0 radical (unpaired) electrons. The third kappa shape index (κ3) is 6.52. The molecule has 0 aliphatic heterocycles. The third-order valence-corrected chi connectivity index (χ3v) is 7.75. The molecule has 36 heavy (non-hydrogen) atoms. The summed E-state index contributed by atoms with van der Waals surface area (Å²) in [7, 11) is 0. The van der Waals surface area contributed by atoms with Crippen LogP contribution in [0.25, 0.3) is 0 Å². The maximum absolute atomic E-state index is 12.3. The summed E-state index contributed by atoms with van der Waals surface area (Å²) in [5.41, 5.74) is 1.43. The van der Waals surface area contributed by atoms with Crippen LogP contribution in [0.15, 0.2) is 48.8 Å². The number of amides is 2. The molecule has 1 aliphatic carbocycles.